The number of aromatic amines is 1. The zero-order chi connectivity index (χ0) is 19.8. The fourth-order valence-electron chi connectivity index (χ4n) is 4.54. The maximum Gasteiger partial charge on any atom is 0.339 e. The van der Waals surface area contributed by atoms with Gasteiger partial charge in [0.2, 0.25) is 0 Å². The Balaban J connectivity index is 1.32. The van der Waals surface area contributed by atoms with Gasteiger partial charge in [0.05, 0.1) is 16.6 Å². The van der Waals surface area contributed by atoms with Crippen LogP contribution in [0.15, 0.2) is 65.0 Å². The van der Waals surface area contributed by atoms with E-state index in [1.54, 1.807) is 0 Å². The van der Waals surface area contributed by atoms with E-state index >= 15 is 0 Å². The number of aromatic nitrogens is 2. The van der Waals surface area contributed by atoms with E-state index in [9.17, 15) is 9.59 Å². The molecule has 1 saturated heterocycles. The minimum atomic E-state index is -0.230. The lowest BCUT2D eigenvalue weighted by molar-refractivity contribution is -0.134. The van der Waals surface area contributed by atoms with Crippen molar-refractivity contribution >= 4 is 22.6 Å². The van der Waals surface area contributed by atoms with Crippen molar-refractivity contribution in [3.8, 4) is 0 Å². The van der Waals surface area contributed by atoms with Gasteiger partial charge in [-0.25, -0.2) is 9.59 Å². The molecule has 1 N–H and O–H groups in total. The topological polar surface area (TPSA) is 67.3 Å². The zero-order valence-electron chi connectivity index (χ0n) is 16.1. The summed E-state index contributed by atoms with van der Waals surface area (Å²) in [5, 5.41) is 0. The van der Waals surface area contributed by atoms with Gasteiger partial charge in [-0.3, -0.25) is 9.47 Å². The molecule has 29 heavy (non-hydrogen) atoms. The first kappa shape index (κ1) is 17.9. The predicted molar refractivity (Wildman–Crippen MR) is 112 cm³/mol. The number of ether oxygens (including phenoxy) is 1. The second kappa shape index (κ2) is 7.37. The number of H-pyrrole nitrogens is 1. The molecule has 2 aliphatic rings. The number of carbonyl (C=O) groups is 1. The highest BCUT2D eigenvalue weighted by Crippen LogP contribution is 2.29. The van der Waals surface area contributed by atoms with E-state index in [1.165, 1.54) is 0 Å². The van der Waals surface area contributed by atoms with Crippen molar-refractivity contribution in [2.75, 3.05) is 26.2 Å². The molecule has 0 unspecified atom stereocenters. The molecule has 3 heterocycles. The van der Waals surface area contributed by atoms with Gasteiger partial charge in [0.25, 0.3) is 0 Å². The van der Waals surface area contributed by atoms with Gasteiger partial charge in [-0.2, -0.15) is 0 Å². The van der Waals surface area contributed by atoms with Crippen LogP contribution in [-0.2, 0) is 9.53 Å². The smallest absolute Gasteiger partial charge is 0.339 e. The van der Waals surface area contributed by atoms with Crippen molar-refractivity contribution in [2.24, 2.45) is 0 Å². The number of cyclic esters (lactones) is 1. The fraction of sp³-hybridized carbons (Fsp3) is 0.304. The van der Waals surface area contributed by atoms with E-state index in [2.05, 4.69) is 9.88 Å². The van der Waals surface area contributed by atoms with Gasteiger partial charge in [-0.05, 0) is 36.1 Å². The number of likely N-dealkylation sites (tertiary alicyclic amines) is 1. The van der Waals surface area contributed by atoms with Crippen LogP contribution in [0.3, 0.4) is 0 Å². The van der Waals surface area contributed by atoms with Crippen LogP contribution in [0.4, 0.5) is 0 Å². The summed E-state index contributed by atoms with van der Waals surface area (Å²) in [7, 11) is 0. The molecule has 0 bridgehead atoms. The molecular formula is C23H23N3O3. The lowest BCUT2D eigenvalue weighted by Gasteiger charge is -2.32. The second-order valence-corrected chi connectivity index (χ2v) is 7.75. The molecule has 0 aliphatic carbocycles. The number of fused-ring (bicyclic) bond motifs is 1. The first-order valence-corrected chi connectivity index (χ1v) is 10.1. The summed E-state index contributed by atoms with van der Waals surface area (Å²) in [4.78, 5) is 30.0. The van der Waals surface area contributed by atoms with Crippen LogP contribution in [0.2, 0.25) is 0 Å². The molecule has 0 spiro atoms. The fourth-order valence-corrected chi connectivity index (χ4v) is 4.54. The molecule has 5 rings (SSSR count). The number of hydrogen-bond acceptors (Lipinski definition) is 4. The van der Waals surface area contributed by atoms with Crippen molar-refractivity contribution in [1.29, 1.82) is 0 Å². The number of hydrogen-bond donors (Lipinski definition) is 1. The SMILES string of the molecule is O=C1OCC(CN2CCC(n3c(=O)[nH]c4ccccc43)CC2)=C1c1ccccc1. The van der Waals surface area contributed by atoms with Gasteiger partial charge in [-0.15, -0.1) is 0 Å². The van der Waals surface area contributed by atoms with Crippen LogP contribution < -0.4 is 5.69 Å². The molecule has 1 aromatic heterocycles. The molecule has 0 amide bonds. The van der Waals surface area contributed by atoms with Crippen LogP contribution in [-0.4, -0.2) is 46.7 Å². The van der Waals surface area contributed by atoms with Crippen LogP contribution in [0, 0.1) is 0 Å². The summed E-state index contributed by atoms with van der Waals surface area (Å²) in [5.74, 6) is -0.230. The summed E-state index contributed by atoms with van der Waals surface area (Å²) in [6, 6.07) is 17.8. The number of piperidine rings is 1. The summed E-state index contributed by atoms with van der Waals surface area (Å²) in [6.45, 7) is 2.86. The Labute approximate surface area is 168 Å². The van der Waals surface area contributed by atoms with Gasteiger partial charge in [-0.1, -0.05) is 42.5 Å². The van der Waals surface area contributed by atoms with E-state index in [4.69, 9.17) is 4.74 Å². The van der Waals surface area contributed by atoms with Gasteiger partial charge < -0.3 is 9.72 Å². The number of rotatable bonds is 4. The van der Waals surface area contributed by atoms with Gasteiger partial charge in [0, 0.05) is 25.7 Å². The minimum Gasteiger partial charge on any atom is -0.457 e. The van der Waals surface area contributed by atoms with Gasteiger partial charge in [0.15, 0.2) is 0 Å². The van der Waals surface area contributed by atoms with E-state index < -0.39 is 0 Å². The van der Waals surface area contributed by atoms with Crippen molar-refractivity contribution < 1.29 is 9.53 Å². The number of nitrogens with one attached hydrogen (secondary N) is 1. The molecule has 0 atom stereocenters. The molecule has 148 valence electrons. The summed E-state index contributed by atoms with van der Waals surface area (Å²) >= 11 is 0. The molecule has 2 aliphatic heterocycles. The van der Waals surface area contributed by atoms with E-state index in [1.807, 2.05) is 59.2 Å². The highest BCUT2D eigenvalue weighted by Gasteiger charge is 2.29. The summed E-state index contributed by atoms with van der Waals surface area (Å²) < 4.78 is 7.24. The molecule has 3 aromatic rings. The van der Waals surface area contributed by atoms with Crippen molar-refractivity contribution in [2.45, 2.75) is 18.9 Å². The number of carbonyl (C=O) groups excluding carboxylic acids is 1. The predicted octanol–water partition coefficient (Wildman–Crippen LogP) is 2.98. The number of nitrogens with zero attached hydrogens (tertiary/aromatic N) is 2. The average Bonchev–Trinajstić information content (AvgIpc) is 3.28. The maximum absolute atomic E-state index is 12.5. The third-order valence-electron chi connectivity index (χ3n) is 5.96. The van der Waals surface area contributed by atoms with Gasteiger partial charge in [0.1, 0.15) is 6.61 Å². The molecule has 6 nitrogen and oxygen atoms in total. The Hall–Kier alpha value is -3.12. The minimum absolute atomic E-state index is 0.0338. The quantitative estimate of drug-likeness (QED) is 0.697. The molecular weight excluding hydrogens is 366 g/mol. The number of imidazole rings is 1. The molecule has 1 fully saturated rings. The standard InChI is InChI=1S/C23H23N3O3/c27-22-21(16-6-2-1-3-7-16)17(15-29-22)14-25-12-10-18(11-13-25)26-20-9-5-4-8-19(20)24-23(26)28/h1-9,18H,10-15H2,(H,24,28). The van der Waals surface area contributed by atoms with Crippen molar-refractivity contribution in [3.63, 3.8) is 0 Å². The first-order chi connectivity index (χ1) is 14.2. The van der Waals surface area contributed by atoms with E-state index in [0.29, 0.717) is 12.2 Å². The van der Waals surface area contributed by atoms with Crippen LogP contribution in [0.5, 0.6) is 0 Å². The average molecular weight is 389 g/mol. The monoisotopic (exact) mass is 389 g/mol. The number of benzene rings is 2. The number of para-hydroxylation sites is 2. The first-order valence-electron chi connectivity index (χ1n) is 10.1. The normalized spacial score (nSPS) is 18.6. The highest BCUT2D eigenvalue weighted by molar-refractivity contribution is 6.19. The van der Waals surface area contributed by atoms with E-state index in [-0.39, 0.29) is 17.7 Å². The molecule has 6 heteroatoms. The third kappa shape index (κ3) is 3.29. The Bertz CT molecular complexity index is 1130. The van der Waals surface area contributed by atoms with Crippen LogP contribution in [0.1, 0.15) is 24.4 Å². The lowest BCUT2D eigenvalue weighted by Crippen LogP contribution is -2.38. The highest BCUT2D eigenvalue weighted by atomic mass is 16.5. The lowest BCUT2D eigenvalue weighted by atomic mass is 9.99. The molecule has 0 saturated carbocycles. The maximum atomic E-state index is 12.5. The Morgan fingerprint density at radius 2 is 1.69 bits per heavy atom. The summed E-state index contributed by atoms with van der Waals surface area (Å²) in [6.07, 6.45) is 1.81. The molecule has 2 aromatic carbocycles. The zero-order valence-corrected chi connectivity index (χ0v) is 16.1. The third-order valence-corrected chi connectivity index (χ3v) is 5.96. The van der Waals surface area contributed by atoms with Crippen LogP contribution in [0.25, 0.3) is 16.6 Å². The van der Waals surface area contributed by atoms with Crippen molar-refractivity contribution in [1.82, 2.24) is 14.5 Å². The Kier molecular flexibility index (Phi) is 4.56. The van der Waals surface area contributed by atoms with Crippen molar-refractivity contribution in [3.05, 3.63) is 76.2 Å². The number of esters is 1. The second-order valence-electron chi connectivity index (χ2n) is 7.75. The largest absolute Gasteiger partial charge is 0.457 e. The Morgan fingerprint density at radius 1 is 0.966 bits per heavy atom. The summed E-state index contributed by atoms with van der Waals surface area (Å²) in [5.41, 5.74) is 4.50. The van der Waals surface area contributed by atoms with E-state index in [0.717, 1.165) is 54.6 Å². The van der Waals surface area contributed by atoms with Gasteiger partial charge >= 0.3 is 11.7 Å². The van der Waals surface area contributed by atoms with Crippen LogP contribution >= 0.6 is 0 Å². The Morgan fingerprint density at radius 3 is 2.48 bits per heavy atom. The molecule has 0 radical (unpaired) electrons.